The summed E-state index contributed by atoms with van der Waals surface area (Å²) in [5.74, 6) is 0. The lowest BCUT2D eigenvalue weighted by molar-refractivity contribution is 0.579. The van der Waals surface area contributed by atoms with E-state index in [9.17, 15) is 8.42 Å². The monoisotopic (exact) mass is 362 g/mol. The van der Waals surface area contributed by atoms with Gasteiger partial charge in [0.2, 0.25) is 10.0 Å². The van der Waals surface area contributed by atoms with Gasteiger partial charge >= 0.3 is 0 Å². The van der Waals surface area contributed by atoms with Gasteiger partial charge in [-0.1, -0.05) is 6.92 Å². The van der Waals surface area contributed by atoms with Crippen LogP contribution in [0.4, 0.5) is 0 Å². The summed E-state index contributed by atoms with van der Waals surface area (Å²) in [5.41, 5.74) is 0.942. The summed E-state index contributed by atoms with van der Waals surface area (Å²) in [6, 6.07) is 1.67. The number of sulfonamides is 1. The van der Waals surface area contributed by atoms with Crippen LogP contribution in [0.5, 0.6) is 0 Å². The standard InChI is InChI=1S/C9H15BrN2O2S2.ClH/c1-3-11-4-5-12-16(13,14)8-6-7(2)9(10)15-8;/h6,11-12H,3-5H2,1-2H3;1H. The minimum absolute atomic E-state index is 0. The van der Waals surface area contributed by atoms with Crippen molar-refractivity contribution in [1.82, 2.24) is 10.0 Å². The van der Waals surface area contributed by atoms with Crippen LogP contribution in [-0.2, 0) is 10.0 Å². The van der Waals surface area contributed by atoms with Gasteiger partial charge in [0, 0.05) is 13.1 Å². The molecular formula is C9H16BrClN2O2S2. The van der Waals surface area contributed by atoms with Crippen molar-refractivity contribution in [2.45, 2.75) is 18.1 Å². The first-order valence-electron chi connectivity index (χ1n) is 4.93. The quantitative estimate of drug-likeness (QED) is 0.761. The molecule has 0 amide bonds. The number of likely N-dealkylation sites (N-methyl/N-ethyl adjacent to an activating group) is 1. The van der Waals surface area contributed by atoms with Crippen molar-refractivity contribution in [2.24, 2.45) is 0 Å². The Morgan fingerprint density at radius 3 is 2.53 bits per heavy atom. The summed E-state index contributed by atoms with van der Waals surface area (Å²) in [6.45, 7) is 5.74. The van der Waals surface area contributed by atoms with Crippen LogP contribution in [0.1, 0.15) is 12.5 Å². The molecule has 1 heterocycles. The SMILES string of the molecule is CCNCCNS(=O)(=O)c1cc(C)c(Br)s1.Cl. The fraction of sp³-hybridized carbons (Fsp3) is 0.556. The molecule has 0 aliphatic heterocycles. The normalized spacial score (nSPS) is 11.2. The molecule has 0 spiro atoms. The molecule has 17 heavy (non-hydrogen) atoms. The zero-order chi connectivity index (χ0) is 12.2. The second-order valence-electron chi connectivity index (χ2n) is 3.27. The summed E-state index contributed by atoms with van der Waals surface area (Å²) in [6.07, 6.45) is 0. The van der Waals surface area contributed by atoms with Crippen molar-refractivity contribution in [3.8, 4) is 0 Å². The van der Waals surface area contributed by atoms with E-state index in [-0.39, 0.29) is 12.4 Å². The maximum absolute atomic E-state index is 11.8. The number of rotatable bonds is 6. The van der Waals surface area contributed by atoms with Gasteiger partial charge < -0.3 is 5.32 Å². The molecule has 1 aromatic heterocycles. The second kappa shape index (κ2) is 7.70. The molecule has 0 bridgehead atoms. The number of halogens is 2. The van der Waals surface area contributed by atoms with E-state index >= 15 is 0 Å². The largest absolute Gasteiger partial charge is 0.316 e. The minimum Gasteiger partial charge on any atom is -0.316 e. The molecule has 1 aromatic rings. The molecule has 100 valence electrons. The Kier molecular flexibility index (Phi) is 7.86. The molecule has 0 aromatic carbocycles. The summed E-state index contributed by atoms with van der Waals surface area (Å²) in [4.78, 5) is 0. The Hall–Kier alpha value is 0.340. The molecule has 0 unspecified atom stereocenters. The van der Waals surface area contributed by atoms with Crippen molar-refractivity contribution in [3.05, 3.63) is 15.4 Å². The summed E-state index contributed by atoms with van der Waals surface area (Å²) < 4.78 is 27.4. The van der Waals surface area contributed by atoms with Gasteiger partial charge in [0.1, 0.15) is 4.21 Å². The van der Waals surface area contributed by atoms with Crippen molar-refractivity contribution in [2.75, 3.05) is 19.6 Å². The van der Waals surface area contributed by atoms with Gasteiger partial charge in [-0.05, 0) is 41.0 Å². The highest BCUT2D eigenvalue weighted by molar-refractivity contribution is 9.11. The van der Waals surface area contributed by atoms with E-state index in [1.54, 1.807) is 6.07 Å². The predicted octanol–water partition coefficient (Wildman–Crippen LogP) is 2.13. The summed E-state index contributed by atoms with van der Waals surface area (Å²) >= 11 is 4.55. The Morgan fingerprint density at radius 2 is 2.06 bits per heavy atom. The molecular weight excluding hydrogens is 348 g/mol. The molecule has 4 nitrogen and oxygen atoms in total. The Labute approximate surface area is 121 Å². The third kappa shape index (κ3) is 5.23. The van der Waals surface area contributed by atoms with Crippen molar-refractivity contribution >= 4 is 49.7 Å². The molecule has 0 atom stereocenters. The fourth-order valence-electron chi connectivity index (χ4n) is 1.09. The van der Waals surface area contributed by atoms with Crippen molar-refractivity contribution in [3.63, 3.8) is 0 Å². The second-order valence-corrected chi connectivity index (χ2v) is 7.64. The minimum atomic E-state index is -3.34. The Bertz CT molecular complexity index is 428. The third-order valence-corrected chi connectivity index (χ3v) is 6.01. The third-order valence-electron chi connectivity index (χ3n) is 1.94. The first-order valence-corrected chi connectivity index (χ1v) is 8.03. The Morgan fingerprint density at radius 1 is 1.41 bits per heavy atom. The molecule has 1 rings (SSSR count). The number of hydrogen-bond acceptors (Lipinski definition) is 4. The highest BCUT2D eigenvalue weighted by Gasteiger charge is 2.17. The maximum Gasteiger partial charge on any atom is 0.250 e. The van der Waals surface area contributed by atoms with E-state index < -0.39 is 10.0 Å². The lowest BCUT2D eigenvalue weighted by Gasteiger charge is -2.04. The van der Waals surface area contributed by atoms with E-state index in [2.05, 4.69) is 26.0 Å². The van der Waals surface area contributed by atoms with Crippen LogP contribution < -0.4 is 10.0 Å². The van der Waals surface area contributed by atoms with Crippen LogP contribution in [0, 0.1) is 6.92 Å². The average molecular weight is 364 g/mol. The average Bonchev–Trinajstić information content (AvgIpc) is 2.55. The molecule has 2 N–H and O–H groups in total. The van der Waals surface area contributed by atoms with Gasteiger partial charge in [0.25, 0.3) is 0 Å². The molecule has 0 saturated carbocycles. The fourth-order valence-corrected chi connectivity index (χ4v) is 4.39. The number of thiophene rings is 1. The predicted molar refractivity (Wildman–Crippen MR) is 77.7 cm³/mol. The van der Waals surface area contributed by atoms with Gasteiger partial charge in [0.05, 0.1) is 3.79 Å². The highest BCUT2D eigenvalue weighted by atomic mass is 79.9. The van der Waals surface area contributed by atoms with E-state index in [1.807, 2.05) is 13.8 Å². The highest BCUT2D eigenvalue weighted by Crippen LogP contribution is 2.30. The number of hydrogen-bond donors (Lipinski definition) is 2. The topological polar surface area (TPSA) is 58.2 Å². The van der Waals surface area contributed by atoms with Gasteiger partial charge in [0.15, 0.2) is 0 Å². The van der Waals surface area contributed by atoms with Crippen LogP contribution in [0.2, 0.25) is 0 Å². The van der Waals surface area contributed by atoms with Gasteiger partial charge in [-0.25, -0.2) is 13.1 Å². The van der Waals surface area contributed by atoms with Crippen molar-refractivity contribution in [1.29, 1.82) is 0 Å². The first-order chi connectivity index (χ1) is 7.47. The number of nitrogens with one attached hydrogen (secondary N) is 2. The number of aryl methyl sites for hydroxylation is 1. The lowest BCUT2D eigenvalue weighted by Crippen LogP contribution is -2.31. The molecule has 8 heteroatoms. The van der Waals surface area contributed by atoms with Gasteiger partial charge in [-0.3, -0.25) is 0 Å². The van der Waals surface area contributed by atoms with Crippen LogP contribution >= 0.6 is 39.7 Å². The van der Waals surface area contributed by atoms with Crippen molar-refractivity contribution < 1.29 is 8.42 Å². The summed E-state index contributed by atoms with van der Waals surface area (Å²) in [5, 5.41) is 3.06. The molecule has 0 radical (unpaired) electrons. The van der Waals surface area contributed by atoms with E-state index in [1.165, 1.54) is 11.3 Å². The zero-order valence-electron chi connectivity index (χ0n) is 9.62. The zero-order valence-corrected chi connectivity index (χ0v) is 13.7. The first kappa shape index (κ1) is 17.3. The lowest BCUT2D eigenvalue weighted by atomic mass is 10.4. The van der Waals surface area contributed by atoms with Gasteiger partial charge in [-0.15, -0.1) is 23.7 Å². The van der Waals surface area contributed by atoms with E-state index in [0.717, 1.165) is 15.9 Å². The smallest absolute Gasteiger partial charge is 0.250 e. The van der Waals surface area contributed by atoms with Crippen LogP contribution in [0.3, 0.4) is 0 Å². The Balaban J connectivity index is 0.00000256. The van der Waals surface area contributed by atoms with E-state index in [0.29, 0.717) is 17.3 Å². The van der Waals surface area contributed by atoms with Gasteiger partial charge in [-0.2, -0.15) is 0 Å². The van der Waals surface area contributed by atoms with Crippen LogP contribution in [0.15, 0.2) is 14.1 Å². The van der Waals surface area contributed by atoms with Crippen LogP contribution in [-0.4, -0.2) is 28.1 Å². The maximum atomic E-state index is 11.8. The molecule has 0 saturated heterocycles. The van der Waals surface area contributed by atoms with Crippen LogP contribution in [0.25, 0.3) is 0 Å². The molecule has 0 aliphatic rings. The summed E-state index contributed by atoms with van der Waals surface area (Å²) in [7, 11) is -3.34. The molecule has 0 fully saturated rings. The molecule has 0 aliphatic carbocycles. The van der Waals surface area contributed by atoms with E-state index in [4.69, 9.17) is 0 Å².